The molecule has 0 bridgehead atoms. The first-order valence-electron chi connectivity index (χ1n) is 10.7. The number of Topliss-reactive ketones (excluding diaryl/α,β-unsaturated/α-hetero) is 1. The maximum Gasteiger partial charge on any atom is 0.263 e. The molecule has 8 heteroatoms. The third kappa shape index (κ3) is 4.62. The van der Waals surface area contributed by atoms with Gasteiger partial charge in [-0.2, -0.15) is 0 Å². The Balaban J connectivity index is 1.53. The van der Waals surface area contributed by atoms with Crippen LogP contribution in [-0.4, -0.2) is 21.1 Å². The Morgan fingerprint density at radius 2 is 1.85 bits per heavy atom. The third-order valence-electron chi connectivity index (χ3n) is 5.80. The first-order valence-corrected chi connectivity index (χ1v) is 13.3. The number of carbonyl (C=O) groups is 1. The van der Waals surface area contributed by atoms with E-state index >= 15 is 0 Å². The molecule has 4 aromatic rings. The highest BCUT2D eigenvalue weighted by Gasteiger charge is 2.23. The van der Waals surface area contributed by atoms with E-state index in [1.807, 2.05) is 30.3 Å². The fraction of sp³-hybridized carbons (Fsp3) is 0.240. The van der Waals surface area contributed by atoms with Crippen LogP contribution in [0, 0.1) is 0 Å². The number of hydrogen-bond donors (Lipinski definition) is 0. The molecule has 0 amide bonds. The number of thiophene rings is 1. The number of thioether (sulfide) groups is 1. The van der Waals surface area contributed by atoms with E-state index in [2.05, 4.69) is 0 Å². The van der Waals surface area contributed by atoms with Gasteiger partial charge in [-0.05, 0) is 55.0 Å². The molecule has 1 aliphatic rings. The number of rotatable bonds is 6. The summed E-state index contributed by atoms with van der Waals surface area (Å²) in [5.74, 6) is 0.0557. The van der Waals surface area contributed by atoms with Crippen molar-refractivity contribution in [2.24, 2.45) is 0 Å². The molecule has 33 heavy (non-hydrogen) atoms. The van der Waals surface area contributed by atoms with Crippen LogP contribution in [0.4, 0.5) is 0 Å². The van der Waals surface area contributed by atoms with Gasteiger partial charge >= 0.3 is 0 Å². The molecule has 4 nitrogen and oxygen atoms in total. The van der Waals surface area contributed by atoms with Gasteiger partial charge < -0.3 is 0 Å². The van der Waals surface area contributed by atoms with Gasteiger partial charge in [0.25, 0.3) is 5.56 Å². The lowest BCUT2D eigenvalue weighted by Crippen LogP contribution is -2.24. The Hall–Kier alpha value is -2.12. The summed E-state index contributed by atoms with van der Waals surface area (Å²) in [6.07, 6.45) is 4.19. The van der Waals surface area contributed by atoms with E-state index in [4.69, 9.17) is 28.2 Å². The number of fused-ring (bicyclic) bond motifs is 3. The minimum absolute atomic E-state index is 0.0206. The second kappa shape index (κ2) is 9.63. The van der Waals surface area contributed by atoms with Crippen LogP contribution in [0.25, 0.3) is 10.2 Å². The Morgan fingerprint density at radius 3 is 2.64 bits per heavy atom. The van der Waals surface area contributed by atoms with Gasteiger partial charge in [0.05, 0.1) is 27.7 Å². The highest BCUT2D eigenvalue weighted by molar-refractivity contribution is 7.99. The van der Waals surface area contributed by atoms with Crippen LogP contribution in [-0.2, 0) is 19.4 Å². The van der Waals surface area contributed by atoms with E-state index in [-0.39, 0.29) is 17.1 Å². The van der Waals surface area contributed by atoms with Crippen molar-refractivity contribution in [3.63, 3.8) is 0 Å². The van der Waals surface area contributed by atoms with Crippen LogP contribution < -0.4 is 5.56 Å². The lowest BCUT2D eigenvalue weighted by Gasteiger charge is -2.13. The van der Waals surface area contributed by atoms with Gasteiger partial charge in [-0.25, -0.2) is 4.98 Å². The predicted octanol–water partition coefficient (Wildman–Crippen LogP) is 6.67. The van der Waals surface area contributed by atoms with Crippen molar-refractivity contribution in [2.75, 3.05) is 5.75 Å². The molecule has 0 N–H and O–H groups in total. The molecule has 5 rings (SSSR count). The lowest BCUT2D eigenvalue weighted by molar-refractivity contribution is 0.102. The van der Waals surface area contributed by atoms with Gasteiger partial charge in [0.15, 0.2) is 10.9 Å². The number of aromatic nitrogens is 2. The molecule has 2 heterocycles. The lowest BCUT2D eigenvalue weighted by atomic mass is 9.97. The average Bonchev–Trinajstić information content (AvgIpc) is 3.20. The molecule has 2 aromatic carbocycles. The van der Waals surface area contributed by atoms with Gasteiger partial charge in [-0.3, -0.25) is 14.2 Å². The Labute approximate surface area is 209 Å². The normalized spacial score (nSPS) is 13.3. The fourth-order valence-electron chi connectivity index (χ4n) is 4.12. The Morgan fingerprint density at radius 1 is 1.06 bits per heavy atom. The van der Waals surface area contributed by atoms with Crippen LogP contribution in [0.15, 0.2) is 58.5 Å². The highest BCUT2D eigenvalue weighted by Crippen LogP contribution is 2.35. The summed E-state index contributed by atoms with van der Waals surface area (Å²) in [4.78, 5) is 33.4. The van der Waals surface area contributed by atoms with E-state index < -0.39 is 0 Å². The van der Waals surface area contributed by atoms with Gasteiger partial charge in [0.2, 0.25) is 0 Å². The first-order chi connectivity index (χ1) is 16.0. The summed E-state index contributed by atoms with van der Waals surface area (Å²) in [5, 5.41) is 2.07. The number of halogens is 2. The molecule has 0 unspecified atom stereocenters. The second-order valence-electron chi connectivity index (χ2n) is 8.00. The summed E-state index contributed by atoms with van der Waals surface area (Å²) in [6.45, 7) is 0.413. The number of carbonyl (C=O) groups excluding carboxylic acids is 1. The van der Waals surface area contributed by atoms with Crippen molar-refractivity contribution in [3.05, 3.63) is 90.5 Å². The summed E-state index contributed by atoms with van der Waals surface area (Å²) in [5.41, 5.74) is 2.65. The molecular formula is C25H20Cl2N2O2S2. The van der Waals surface area contributed by atoms with Crippen molar-refractivity contribution in [1.29, 1.82) is 0 Å². The topological polar surface area (TPSA) is 52.0 Å². The van der Waals surface area contributed by atoms with Gasteiger partial charge in [-0.15, -0.1) is 11.3 Å². The van der Waals surface area contributed by atoms with E-state index in [0.717, 1.165) is 41.5 Å². The van der Waals surface area contributed by atoms with Crippen molar-refractivity contribution in [1.82, 2.24) is 9.55 Å². The second-order valence-corrected chi connectivity index (χ2v) is 10.8. The molecule has 2 aromatic heterocycles. The molecule has 0 fully saturated rings. The molecule has 0 saturated carbocycles. The van der Waals surface area contributed by atoms with Crippen LogP contribution in [0.3, 0.4) is 0 Å². The molecular weight excluding hydrogens is 495 g/mol. The number of benzene rings is 2. The summed E-state index contributed by atoms with van der Waals surface area (Å²) in [6, 6.07) is 14.7. The maximum atomic E-state index is 13.7. The summed E-state index contributed by atoms with van der Waals surface area (Å²) in [7, 11) is 0. The Bertz CT molecular complexity index is 1410. The molecule has 0 saturated heterocycles. The zero-order valence-electron chi connectivity index (χ0n) is 17.6. The molecule has 0 spiro atoms. The van der Waals surface area contributed by atoms with Crippen LogP contribution >= 0.6 is 46.3 Å². The van der Waals surface area contributed by atoms with Crippen molar-refractivity contribution >= 4 is 62.3 Å². The minimum Gasteiger partial charge on any atom is -0.293 e. The number of ketones is 1. The zero-order chi connectivity index (χ0) is 22.9. The molecule has 0 radical (unpaired) electrons. The fourth-order valence-corrected chi connectivity index (χ4v) is 6.61. The Kier molecular flexibility index (Phi) is 6.61. The molecule has 0 aliphatic heterocycles. The molecule has 168 valence electrons. The highest BCUT2D eigenvalue weighted by atomic mass is 35.5. The quantitative estimate of drug-likeness (QED) is 0.164. The summed E-state index contributed by atoms with van der Waals surface area (Å²) >= 11 is 15.0. The van der Waals surface area contributed by atoms with E-state index in [0.29, 0.717) is 27.3 Å². The van der Waals surface area contributed by atoms with Crippen molar-refractivity contribution < 1.29 is 4.79 Å². The van der Waals surface area contributed by atoms with Gasteiger partial charge in [0, 0.05) is 10.4 Å². The van der Waals surface area contributed by atoms with E-state index in [9.17, 15) is 9.59 Å². The predicted molar refractivity (Wildman–Crippen MR) is 138 cm³/mol. The van der Waals surface area contributed by atoms with Crippen LogP contribution in [0.5, 0.6) is 0 Å². The van der Waals surface area contributed by atoms with Crippen LogP contribution in [0.1, 0.15) is 39.2 Å². The largest absolute Gasteiger partial charge is 0.293 e. The first kappa shape index (κ1) is 22.7. The van der Waals surface area contributed by atoms with Gasteiger partial charge in [0.1, 0.15) is 4.83 Å². The smallest absolute Gasteiger partial charge is 0.263 e. The molecule has 1 aliphatic carbocycles. The van der Waals surface area contributed by atoms with E-state index in [1.165, 1.54) is 22.2 Å². The maximum absolute atomic E-state index is 13.7. The number of nitrogens with zero attached hydrogens (tertiary/aromatic N) is 2. The van der Waals surface area contributed by atoms with E-state index in [1.54, 1.807) is 34.1 Å². The zero-order valence-corrected chi connectivity index (χ0v) is 20.8. The third-order valence-corrected chi connectivity index (χ3v) is 8.70. The average molecular weight is 515 g/mol. The van der Waals surface area contributed by atoms with Crippen molar-refractivity contribution in [3.8, 4) is 0 Å². The minimum atomic E-state index is -0.0929. The van der Waals surface area contributed by atoms with Gasteiger partial charge in [-0.1, -0.05) is 65.3 Å². The SMILES string of the molecule is O=C(CSc1nc2sc3c(c2c(=O)n1Cc1ccccc1)CCCC3)c1ccc(Cl)c(Cl)c1. The monoisotopic (exact) mass is 514 g/mol. The summed E-state index contributed by atoms with van der Waals surface area (Å²) < 4.78 is 1.71. The van der Waals surface area contributed by atoms with Crippen LogP contribution in [0.2, 0.25) is 10.0 Å². The number of hydrogen-bond acceptors (Lipinski definition) is 5. The van der Waals surface area contributed by atoms with Crippen molar-refractivity contribution in [2.45, 2.75) is 37.4 Å². The molecule has 0 atom stereocenters. The number of aryl methyl sites for hydroxylation is 2. The standard InChI is InChI=1S/C25H20Cl2N2O2S2/c26-18-11-10-16(12-19(18)27)20(30)14-32-25-28-23-22(17-8-4-5-9-21(17)33-23)24(31)29(25)13-15-6-2-1-3-7-15/h1-3,6-7,10-12H,4-5,8-9,13-14H2.